The Hall–Kier alpha value is -2.73. The third kappa shape index (κ3) is 7.90. The minimum absolute atomic E-state index is 0.443. The Morgan fingerprint density at radius 1 is 0.962 bits per heavy atom. The molecule has 4 amide bonds. The van der Waals surface area contributed by atoms with Crippen LogP contribution in [0.4, 0.5) is 0 Å². The second-order valence-corrected chi connectivity index (χ2v) is 5.81. The van der Waals surface area contributed by atoms with E-state index in [1.807, 2.05) is 0 Å². The van der Waals surface area contributed by atoms with Crippen molar-refractivity contribution in [3.63, 3.8) is 0 Å². The maximum absolute atomic E-state index is 12.2. The van der Waals surface area contributed by atoms with Crippen LogP contribution >= 0.6 is 0 Å². The molecule has 9 N–H and O–H groups in total. The largest absolute Gasteiger partial charge is 0.480 e. The molecule has 0 saturated carbocycles. The summed E-state index contributed by atoms with van der Waals surface area (Å²) in [7, 11) is 0. The van der Waals surface area contributed by atoms with Crippen molar-refractivity contribution in [3.8, 4) is 0 Å². The van der Waals surface area contributed by atoms with Crippen molar-refractivity contribution < 1.29 is 34.2 Å². The number of carboxylic acid groups (broad SMARTS) is 1. The number of aliphatic hydroxyl groups is 1. The summed E-state index contributed by atoms with van der Waals surface area (Å²) in [6.07, 6.45) is -0.554. The number of hydrogen-bond acceptors (Lipinski definition) is 7. The number of carboxylic acids is 1. The summed E-state index contributed by atoms with van der Waals surface area (Å²) in [4.78, 5) is 57.8. The van der Waals surface area contributed by atoms with Crippen molar-refractivity contribution in [2.24, 2.45) is 17.4 Å². The molecule has 0 radical (unpaired) electrons. The predicted molar refractivity (Wildman–Crippen MR) is 88.2 cm³/mol. The summed E-state index contributed by atoms with van der Waals surface area (Å²) in [5, 5.41) is 24.9. The molecule has 0 aromatic rings. The second kappa shape index (κ2) is 11.0. The first-order chi connectivity index (χ1) is 12.0. The van der Waals surface area contributed by atoms with Gasteiger partial charge in [0.05, 0.1) is 19.6 Å². The number of primary amides is 1. The highest BCUT2D eigenvalue weighted by Gasteiger charge is 2.30. The van der Waals surface area contributed by atoms with Gasteiger partial charge < -0.3 is 37.6 Å². The summed E-state index contributed by atoms with van der Waals surface area (Å²) < 4.78 is 0. The van der Waals surface area contributed by atoms with Gasteiger partial charge in [-0.3, -0.25) is 19.2 Å². The molecule has 0 aliphatic carbocycles. The van der Waals surface area contributed by atoms with Crippen LogP contribution in [0.2, 0.25) is 0 Å². The van der Waals surface area contributed by atoms with E-state index >= 15 is 0 Å². The molecular formula is C14H25N5O7. The molecule has 0 saturated heterocycles. The van der Waals surface area contributed by atoms with E-state index in [9.17, 15) is 29.1 Å². The maximum atomic E-state index is 12.2. The van der Waals surface area contributed by atoms with Crippen LogP contribution in [0.1, 0.15) is 20.3 Å². The Morgan fingerprint density at radius 3 is 1.88 bits per heavy atom. The van der Waals surface area contributed by atoms with Crippen molar-refractivity contribution in [2.75, 3.05) is 13.2 Å². The molecule has 12 nitrogen and oxygen atoms in total. The van der Waals surface area contributed by atoms with Crippen LogP contribution < -0.4 is 27.4 Å². The zero-order chi connectivity index (χ0) is 20.4. The van der Waals surface area contributed by atoms with Crippen molar-refractivity contribution in [3.05, 3.63) is 0 Å². The Bertz CT molecular complexity index is 552. The number of nitrogens with two attached hydrogens (primary N) is 2. The third-order valence-electron chi connectivity index (χ3n) is 3.29. The van der Waals surface area contributed by atoms with Crippen LogP contribution in [0.5, 0.6) is 0 Å². The first kappa shape index (κ1) is 23.3. The highest BCUT2D eigenvalue weighted by atomic mass is 16.4. The van der Waals surface area contributed by atoms with Gasteiger partial charge in [0.1, 0.15) is 18.1 Å². The van der Waals surface area contributed by atoms with Gasteiger partial charge in [-0.05, 0) is 5.92 Å². The first-order valence-corrected chi connectivity index (χ1v) is 7.75. The van der Waals surface area contributed by atoms with E-state index in [2.05, 4.69) is 16.0 Å². The summed E-state index contributed by atoms with van der Waals surface area (Å²) >= 11 is 0. The Labute approximate surface area is 149 Å². The molecule has 3 atom stereocenters. The van der Waals surface area contributed by atoms with Gasteiger partial charge in [0.25, 0.3) is 0 Å². The minimum atomic E-state index is -1.49. The quantitative estimate of drug-likeness (QED) is 0.188. The zero-order valence-electron chi connectivity index (χ0n) is 14.5. The molecule has 0 bridgehead atoms. The van der Waals surface area contributed by atoms with Gasteiger partial charge in [-0.15, -0.1) is 0 Å². The van der Waals surface area contributed by atoms with E-state index in [0.717, 1.165) is 0 Å². The van der Waals surface area contributed by atoms with Crippen LogP contribution in [0.15, 0.2) is 0 Å². The van der Waals surface area contributed by atoms with Gasteiger partial charge in [-0.1, -0.05) is 13.8 Å². The average molecular weight is 375 g/mol. The molecule has 3 unspecified atom stereocenters. The highest BCUT2D eigenvalue weighted by Crippen LogP contribution is 2.02. The van der Waals surface area contributed by atoms with Crippen molar-refractivity contribution in [1.29, 1.82) is 0 Å². The van der Waals surface area contributed by atoms with Gasteiger partial charge in [0.15, 0.2) is 0 Å². The summed E-state index contributed by atoms with van der Waals surface area (Å²) in [6, 6.07) is -4.12. The van der Waals surface area contributed by atoms with Crippen LogP contribution in [0.25, 0.3) is 0 Å². The SMILES string of the molecule is CC(C)C(NC(=O)C(CO)NC(=O)C(CC(N)=O)NC(=O)CN)C(=O)O. The fourth-order valence-corrected chi connectivity index (χ4v) is 1.90. The fraction of sp³-hybridized carbons (Fsp3) is 0.643. The lowest BCUT2D eigenvalue weighted by Crippen LogP contribution is -2.58. The van der Waals surface area contributed by atoms with Crippen LogP contribution in [0.3, 0.4) is 0 Å². The first-order valence-electron chi connectivity index (χ1n) is 7.75. The second-order valence-electron chi connectivity index (χ2n) is 5.81. The van der Waals surface area contributed by atoms with E-state index < -0.39 is 73.2 Å². The van der Waals surface area contributed by atoms with Gasteiger partial charge >= 0.3 is 5.97 Å². The number of hydrogen-bond donors (Lipinski definition) is 7. The summed E-state index contributed by atoms with van der Waals surface area (Å²) in [5.41, 5.74) is 10.1. The van der Waals surface area contributed by atoms with Gasteiger partial charge in [-0.25, -0.2) is 4.79 Å². The lowest BCUT2D eigenvalue weighted by atomic mass is 10.0. The molecule has 0 aromatic carbocycles. The van der Waals surface area contributed by atoms with E-state index in [4.69, 9.17) is 16.6 Å². The Balaban J connectivity index is 5.10. The minimum Gasteiger partial charge on any atom is -0.480 e. The smallest absolute Gasteiger partial charge is 0.326 e. The van der Waals surface area contributed by atoms with E-state index in [-0.39, 0.29) is 0 Å². The van der Waals surface area contributed by atoms with Crippen LogP contribution in [-0.4, -0.2) is 71.1 Å². The van der Waals surface area contributed by atoms with E-state index in [0.29, 0.717) is 0 Å². The topological polar surface area (TPSA) is 214 Å². The molecule has 26 heavy (non-hydrogen) atoms. The summed E-state index contributed by atoms with van der Waals surface area (Å²) in [6.45, 7) is 1.85. The predicted octanol–water partition coefficient (Wildman–Crippen LogP) is -3.99. The molecular weight excluding hydrogens is 350 g/mol. The lowest BCUT2D eigenvalue weighted by molar-refractivity contribution is -0.144. The van der Waals surface area contributed by atoms with E-state index in [1.165, 1.54) is 0 Å². The standard InChI is InChI=1S/C14H25N5O7/c1-6(2)11(14(25)26)19-13(24)8(5-20)18-12(23)7(3-9(16)21)17-10(22)4-15/h6-8,11,20H,3-5,15H2,1-2H3,(H2,16,21)(H,17,22)(H,18,23)(H,19,24)(H,25,26). The molecule has 0 heterocycles. The average Bonchev–Trinajstić information content (AvgIpc) is 2.55. The van der Waals surface area contributed by atoms with Crippen molar-refractivity contribution >= 4 is 29.6 Å². The normalized spacial score (nSPS) is 14.0. The molecule has 0 aromatic heterocycles. The number of nitrogens with one attached hydrogen (secondary N) is 3. The van der Waals surface area contributed by atoms with Gasteiger partial charge in [0, 0.05) is 0 Å². The molecule has 0 rings (SSSR count). The summed E-state index contributed by atoms with van der Waals surface area (Å²) in [5.74, 6) is -5.25. The molecule has 0 aliphatic rings. The molecule has 148 valence electrons. The molecule has 0 spiro atoms. The molecule has 0 fully saturated rings. The highest BCUT2D eigenvalue weighted by molar-refractivity contribution is 5.95. The van der Waals surface area contributed by atoms with Crippen LogP contribution in [0, 0.1) is 5.92 Å². The number of carbonyl (C=O) groups excluding carboxylic acids is 4. The van der Waals surface area contributed by atoms with Crippen molar-refractivity contribution in [2.45, 2.75) is 38.4 Å². The maximum Gasteiger partial charge on any atom is 0.326 e. The molecule has 12 heteroatoms. The number of aliphatic hydroxyl groups excluding tert-OH is 1. The van der Waals surface area contributed by atoms with Crippen LogP contribution in [-0.2, 0) is 24.0 Å². The number of rotatable bonds is 11. The Morgan fingerprint density at radius 2 is 1.50 bits per heavy atom. The van der Waals surface area contributed by atoms with E-state index in [1.54, 1.807) is 13.8 Å². The number of carbonyl (C=O) groups is 5. The number of aliphatic carboxylic acids is 1. The van der Waals surface area contributed by atoms with Crippen molar-refractivity contribution in [1.82, 2.24) is 16.0 Å². The van der Waals surface area contributed by atoms with Gasteiger partial charge in [-0.2, -0.15) is 0 Å². The van der Waals surface area contributed by atoms with Gasteiger partial charge in [0.2, 0.25) is 23.6 Å². The zero-order valence-corrected chi connectivity index (χ0v) is 14.5. The lowest BCUT2D eigenvalue weighted by Gasteiger charge is -2.24. The fourth-order valence-electron chi connectivity index (χ4n) is 1.90. The Kier molecular flexibility index (Phi) is 9.84. The monoisotopic (exact) mass is 375 g/mol. The molecule has 0 aliphatic heterocycles. The third-order valence-corrected chi connectivity index (χ3v) is 3.29. The number of amides is 4.